The van der Waals surface area contributed by atoms with Crippen LogP contribution < -0.4 is 0 Å². The van der Waals surface area contributed by atoms with E-state index in [4.69, 9.17) is 5.11 Å². The van der Waals surface area contributed by atoms with Crippen LogP contribution in [-0.2, 0) is 9.59 Å². The van der Waals surface area contributed by atoms with Crippen LogP contribution in [0.4, 0.5) is 0 Å². The first kappa shape index (κ1) is 37.1. The first-order valence-electron chi connectivity index (χ1n) is 18.1. The average Bonchev–Trinajstić information content (AvgIpc) is 3.36. The van der Waals surface area contributed by atoms with Crippen LogP contribution in [0.1, 0.15) is 172 Å². The normalized spacial score (nSPS) is 41.5. The van der Waals surface area contributed by atoms with Crippen molar-refractivity contribution in [2.24, 2.45) is 57.2 Å². The highest BCUT2D eigenvalue weighted by molar-refractivity contribution is 5.76. The maximum absolute atomic E-state index is 12.4. The van der Waals surface area contributed by atoms with E-state index in [0.29, 0.717) is 34.5 Å². The van der Waals surface area contributed by atoms with Gasteiger partial charge in [0, 0.05) is 6.42 Å². The molecule has 5 aliphatic rings. The van der Waals surface area contributed by atoms with Crippen molar-refractivity contribution in [3.05, 3.63) is 0 Å². The minimum atomic E-state index is -0.682. The number of aliphatic carboxylic acids is 2. The van der Waals surface area contributed by atoms with Gasteiger partial charge in [-0.05, 0) is 116 Å². The lowest BCUT2D eigenvalue weighted by molar-refractivity contribution is -0.227. The Morgan fingerprint density at radius 3 is 1.93 bits per heavy atom. The highest BCUT2D eigenvalue weighted by Crippen LogP contribution is 2.75. The number of carboxylic acid groups (broad SMARTS) is 2. The van der Waals surface area contributed by atoms with E-state index in [9.17, 15) is 14.7 Å². The minimum absolute atomic E-state index is 0.327. The summed E-state index contributed by atoms with van der Waals surface area (Å²) in [4.78, 5) is 22.2. The Hall–Kier alpha value is -1.06. The second-order valence-electron chi connectivity index (χ2n) is 16.1. The van der Waals surface area contributed by atoms with E-state index in [2.05, 4.69) is 55.4 Å². The Morgan fingerprint density at radius 2 is 1.36 bits per heavy atom. The van der Waals surface area contributed by atoms with E-state index in [0.717, 1.165) is 68.6 Å². The van der Waals surface area contributed by atoms with E-state index in [1.54, 1.807) is 0 Å². The smallest absolute Gasteiger partial charge is 0.309 e. The predicted octanol–water partition coefficient (Wildman–Crippen LogP) is 11.3. The highest BCUT2D eigenvalue weighted by atomic mass is 16.4. The van der Waals surface area contributed by atoms with Crippen LogP contribution >= 0.6 is 0 Å². The van der Waals surface area contributed by atoms with Gasteiger partial charge in [0.05, 0.1) is 5.41 Å². The topological polar surface area (TPSA) is 74.6 Å². The van der Waals surface area contributed by atoms with Crippen LogP contribution in [0.5, 0.6) is 0 Å². The maximum atomic E-state index is 12.4. The zero-order valence-corrected chi connectivity index (χ0v) is 29.5. The standard InChI is InChI=1S/C26H42O2.C6H12O2.C4H10.C2H6/c1-17-7-5-12-23(2)18(17)11-14-25(4)21(23)10-9-19-20-8-6-13-26(20,22(27)28)16-15-24(19,25)3;1-2-3-4-5-6(7)8;1-4(2)3;1-2/h17-21H,5-16H2,1-4H3,(H,27,28);2-5H2,1H3,(H,7,8);4H,1-3H3;1-2H3/t17?,18?,19?,20?,21?,23?,24-,25?,26?;;;/m1.../s1. The monoisotopic (exact) mass is 591 g/mol. The molecule has 5 fully saturated rings. The maximum Gasteiger partial charge on any atom is 0.309 e. The van der Waals surface area contributed by atoms with E-state index in [1.165, 1.54) is 51.4 Å². The van der Waals surface area contributed by atoms with E-state index in [1.807, 2.05) is 13.8 Å². The summed E-state index contributed by atoms with van der Waals surface area (Å²) in [6, 6.07) is 0. The summed E-state index contributed by atoms with van der Waals surface area (Å²) in [5.74, 6) is 3.43. The molecular weight excluding hydrogens is 520 g/mol. The van der Waals surface area contributed by atoms with Gasteiger partial charge in [-0.1, -0.05) is 101 Å². The van der Waals surface area contributed by atoms with Gasteiger partial charge in [-0.3, -0.25) is 9.59 Å². The molecule has 0 aliphatic heterocycles. The quantitative estimate of drug-likeness (QED) is 0.312. The van der Waals surface area contributed by atoms with Crippen molar-refractivity contribution >= 4 is 11.9 Å². The number of hydrogen-bond acceptors (Lipinski definition) is 2. The Labute approximate surface area is 260 Å². The number of rotatable bonds is 5. The summed E-state index contributed by atoms with van der Waals surface area (Å²) in [5, 5.41) is 18.3. The molecule has 4 nitrogen and oxygen atoms in total. The fourth-order valence-electron chi connectivity index (χ4n) is 11.2. The summed E-state index contributed by atoms with van der Waals surface area (Å²) in [6.45, 7) is 23.0. The van der Waals surface area contributed by atoms with Crippen molar-refractivity contribution < 1.29 is 19.8 Å². The third-order valence-electron chi connectivity index (χ3n) is 13.2. The molecule has 0 amide bonds. The molecule has 5 saturated carbocycles. The molecule has 0 spiro atoms. The summed E-state index contributed by atoms with van der Waals surface area (Å²) in [6.07, 6.45) is 18.4. The minimum Gasteiger partial charge on any atom is -0.481 e. The number of carbonyl (C=O) groups is 2. The van der Waals surface area contributed by atoms with Crippen molar-refractivity contribution in [2.45, 2.75) is 172 Å². The summed E-state index contributed by atoms with van der Waals surface area (Å²) < 4.78 is 0. The molecule has 5 aliphatic carbocycles. The fourth-order valence-corrected chi connectivity index (χ4v) is 11.2. The van der Waals surface area contributed by atoms with Gasteiger partial charge < -0.3 is 10.2 Å². The summed E-state index contributed by atoms with van der Waals surface area (Å²) >= 11 is 0. The van der Waals surface area contributed by atoms with Gasteiger partial charge in [0.2, 0.25) is 0 Å². The lowest BCUT2D eigenvalue weighted by atomic mass is 9.33. The molecule has 0 heterocycles. The Morgan fingerprint density at radius 1 is 0.738 bits per heavy atom. The van der Waals surface area contributed by atoms with Crippen molar-refractivity contribution in [3.8, 4) is 0 Å². The second kappa shape index (κ2) is 15.3. The molecule has 0 bridgehead atoms. The van der Waals surface area contributed by atoms with E-state index >= 15 is 0 Å². The summed E-state index contributed by atoms with van der Waals surface area (Å²) in [7, 11) is 0. The van der Waals surface area contributed by atoms with Crippen LogP contribution in [0.25, 0.3) is 0 Å². The van der Waals surface area contributed by atoms with Gasteiger partial charge in [-0.25, -0.2) is 0 Å². The molecule has 8 unspecified atom stereocenters. The first-order chi connectivity index (χ1) is 19.7. The Balaban J connectivity index is 0.000000372. The zero-order valence-electron chi connectivity index (χ0n) is 29.5. The molecule has 0 aromatic heterocycles. The lowest BCUT2D eigenvalue weighted by Crippen LogP contribution is -2.64. The molecule has 0 aromatic carbocycles. The third kappa shape index (κ3) is 7.09. The van der Waals surface area contributed by atoms with Crippen molar-refractivity contribution in [1.29, 1.82) is 0 Å². The SMILES string of the molecule is CC.CC(C)C.CC1CCCC2(C)C1CCC1(C)C2CCC2C3CCCC3(C(=O)O)CC[C@]21C.CCCCCC(=O)O. The number of carboxylic acids is 2. The molecule has 4 heteroatoms. The zero-order chi connectivity index (χ0) is 31.9. The van der Waals surface area contributed by atoms with Crippen LogP contribution in [-0.4, -0.2) is 22.2 Å². The molecule has 0 radical (unpaired) electrons. The second-order valence-corrected chi connectivity index (χ2v) is 16.1. The molecule has 5 rings (SSSR count). The molecule has 0 saturated heterocycles. The third-order valence-corrected chi connectivity index (χ3v) is 13.2. The van der Waals surface area contributed by atoms with Crippen LogP contribution in [0.3, 0.4) is 0 Å². The van der Waals surface area contributed by atoms with E-state index in [-0.39, 0.29) is 5.41 Å². The molecule has 246 valence electrons. The Kier molecular flexibility index (Phi) is 13.5. The van der Waals surface area contributed by atoms with Crippen molar-refractivity contribution in [1.82, 2.24) is 0 Å². The first-order valence-corrected chi connectivity index (χ1v) is 18.1. The van der Waals surface area contributed by atoms with Gasteiger partial charge in [0.25, 0.3) is 0 Å². The largest absolute Gasteiger partial charge is 0.481 e. The molecular formula is C38H70O4. The van der Waals surface area contributed by atoms with Gasteiger partial charge in [0.1, 0.15) is 0 Å². The van der Waals surface area contributed by atoms with Gasteiger partial charge in [0.15, 0.2) is 0 Å². The number of unbranched alkanes of at least 4 members (excludes halogenated alkanes) is 2. The average molecular weight is 591 g/mol. The molecule has 2 N–H and O–H groups in total. The number of hydrogen-bond donors (Lipinski definition) is 2. The molecule has 0 aromatic rings. The lowest BCUT2D eigenvalue weighted by Gasteiger charge is -2.71. The van der Waals surface area contributed by atoms with Crippen molar-refractivity contribution in [2.75, 3.05) is 0 Å². The highest BCUT2D eigenvalue weighted by Gasteiger charge is 2.69. The van der Waals surface area contributed by atoms with Crippen molar-refractivity contribution in [3.63, 3.8) is 0 Å². The fraction of sp³-hybridized carbons (Fsp3) is 0.947. The summed E-state index contributed by atoms with van der Waals surface area (Å²) in [5.41, 5.74) is 0.896. The molecule has 9 atom stereocenters. The predicted molar refractivity (Wildman–Crippen MR) is 177 cm³/mol. The van der Waals surface area contributed by atoms with Crippen LogP contribution in [0, 0.1) is 57.2 Å². The van der Waals surface area contributed by atoms with Gasteiger partial charge >= 0.3 is 11.9 Å². The number of fused-ring (bicyclic) bond motifs is 7. The van der Waals surface area contributed by atoms with E-state index < -0.39 is 11.9 Å². The van der Waals surface area contributed by atoms with Crippen LogP contribution in [0.2, 0.25) is 0 Å². The Bertz CT molecular complexity index is 864. The van der Waals surface area contributed by atoms with Gasteiger partial charge in [-0.2, -0.15) is 0 Å². The molecule has 42 heavy (non-hydrogen) atoms. The van der Waals surface area contributed by atoms with Crippen LogP contribution in [0.15, 0.2) is 0 Å². The van der Waals surface area contributed by atoms with Gasteiger partial charge in [-0.15, -0.1) is 0 Å².